The van der Waals surface area contributed by atoms with Gasteiger partial charge in [0.05, 0.1) is 0 Å². The third-order valence-electron chi connectivity index (χ3n) is 3.36. The number of anilines is 3. The van der Waals surface area contributed by atoms with Gasteiger partial charge in [0.15, 0.2) is 0 Å². The van der Waals surface area contributed by atoms with Crippen LogP contribution in [0.2, 0.25) is 0 Å². The minimum Gasteiger partial charge on any atom is -0.371 e. The fraction of sp³-hybridized carbons (Fsp3) is 0.333. The SMILES string of the molecule is CCCN(CCC)c1cccc(NC(=O)Nc2ccccn2)c1. The highest BCUT2D eigenvalue weighted by Gasteiger charge is 2.07. The summed E-state index contributed by atoms with van der Waals surface area (Å²) in [6, 6.07) is 13.0. The first-order valence-corrected chi connectivity index (χ1v) is 8.07. The number of amides is 2. The summed E-state index contributed by atoms with van der Waals surface area (Å²) < 4.78 is 0. The number of pyridine rings is 1. The van der Waals surface area contributed by atoms with Crippen molar-refractivity contribution < 1.29 is 4.79 Å². The van der Waals surface area contributed by atoms with Gasteiger partial charge in [0, 0.05) is 30.7 Å². The fourth-order valence-corrected chi connectivity index (χ4v) is 2.41. The predicted octanol–water partition coefficient (Wildman–Crippen LogP) is 4.35. The minimum atomic E-state index is -0.293. The molecule has 2 aromatic rings. The summed E-state index contributed by atoms with van der Waals surface area (Å²) in [7, 11) is 0. The molecule has 0 fully saturated rings. The number of hydrogen-bond acceptors (Lipinski definition) is 3. The molecular weight excluding hydrogens is 288 g/mol. The van der Waals surface area contributed by atoms with E-state index in [1.165, 1.54) is 0 Å². The smallest absolute Gasteiger partial charge is 0.324 e. The molecule has 0 saturated carbocycles. The van der Waals surface area contributed by atoms with Crippen LogP contribution in [-0.2, 0) is 0 Å². The third kappa shape index (κ3) is 5.29. The molecule has 23 heavy (non-hydrogen) atoms. The van der Waals surface area contributed by atoms with Crippen molar-refractivity contribution in [1.82, 2.24) is 4.98 Å². The third-order valence-corrected chi connectivity index (χ3v) is 3.36. The van der Waals surface area contributed by atoms with Crippen LogP contribution in [0.3, 0.4) is 0 Å². The molecule has 0 bridgehead atoms. The van der Waals surface area contributed by atoms with E-state index in [9.17, 15) is 4.79 Å². The Bertz CT molecular complexity index is 609. The van der Waals surface area contributed by atoms with Gasteiger partial charge >= 0.3 is 6.03 Å². The number of aromatic nitrogens is 1. The molecular formula is C18H24N4O. The van der Waals surface area contributed by atoms with Gasteiger partial charge in [0.25, 0.3) is 0 Å². The second kappa shape index (κ2) is 8.78. The molecule has 0 radical (unpaired) electrons. The van der Waals surface area contributed by atoms with E-state index in [4.69, 9.17) is 0 Å². The fourth-order valence-electron chi connectivity index (χ4n) is 2.41. The van der Waals surface area contributed by atoms with E-state index < -0.39 is 0 Å². The number of benzene rings is 1. The Balaban J connectivity index is 2.02. The monoisotopic (exact) mass is 312 g/mol. The number of carbonyl (C=O) groups excluding carboxylic acids is 1. The number of urea groups is 1. The molecule has 0 aliphatic heterocycles. The van der Waals surface area contributed by atoms with Crippen molar-refractivity contribution in [1.29, 1.82) is 0 Å². The van der Waals surface area contributed by atoms with Crippen LogP contribution in [0.15, 0.2) is 48.7 Å². The summed E-state index contributed by atoms with van der Waals surface area (Å²) in [5.41, 5.74) is 1.90. The average Bonchev–Trinajstić information content (AvgIpc) is 2.56. The molecule has 1 aromatic carbocycles. The topological polar surface area (TPSA) is 57.3 Å². The van der Waals surface area contributed by atoms with Gasteiger partial charge in [-0.05, 0) is 43.2 Å². The number of nitrogens with zero attached hydrogens (tertiary/aromatic N) is 2. The van der Waals surface area contributed by atoms with Crippen molar-refractivity contribution in [3.05, 3.63) is 48.7 Å². The Labute approximate surface area is 137 Å². The summed E-state index contributed by atoms with van der Waals surface area (Å²) in [4.78, 5) is 18.4. The van der Waals surface area contributed by atoms with Crippen LogP contribution in [0.25, 0.3) is 0 Å². The maximum absolute atomic E-state index is 12.0. The molecule has 5 nitrogen and oxygen atoms in total. The molecule has 5 heteroatoms. The zero-order chi connectivity index (χ0) is 16.5. The van der Waals surface area contributed by atoms with Crippen LogP contribution in [0.4, 0.5) is 22.0 Å². The summed E-state index contributed by atoms with van der Waals surface area (Å²) in [6.07, 6.45) is 3.83. The number of nitrogens with one attached hydrogen (secondary N) is 2. The van der Waals surface area contributed by atoms with Gasteiger partial charge in [-0.3, -0.25) is 5.32 Å². The van der Waals surface area contributed by atoms with Gasteiger partial charge in [-0.25, -0.2) is 9.78 Å². The minimum absolute atomic E-state index is 0.293. The number of rotatable bonds is 7. The van der Waals surface area contributed by atoms with E-state index in [-0.39, 0.29) is 6.03 Å². The molecule has 2 amide bonds. The van der Waals surface area contributed by atoms with Crippen molar-refractivity contribution in [2.75, 3.05) is 28.6 Å². The Morgan fingerprint density at radius 2 is 1.83 bits per heavy atom. The zero-order valence-corrected chi connectivity index (χ0v) is 13.7. The Hall–Kier alpha value is -2.56. The van der Waals surface area contributed by atoms with Gasteiger partial charge in [0.2, 0.25) is 0 Å². The van der Waals surface area contributed by atoms with E-state index >= 15 is 0 Å². The quantitative estimate of drug-likeness (QED) is 0.799. The highest BCUT2D eigenvalue weighted by Crippen LogP contribution is 2.20. The van der Waals surface area contributed by atoms with Crippen molar-refractivity contribution in [3.8, 4) is 0 Å². The van der Waals surface area contributed by atoms with Crippen molar-refractivity contribution in [2.24, 2.45) is 0 Å². The van der Waals surface area contributed by atoms with Crippen LogP contribution >= 0.6 is 0 Å². The van der Waals surface area contributed by atoms with Crippen LogP contribution in [0, 0.1) is 0 Å². The lowest BCUT2D eigenvalue weighted by atomic mass is 10.2. The van der Waals surface area contributed by atoms with Crippen molar-refractivity contribution >= 4 is 23.2 Å². The molecule has 0 aliphatic carbocycles. The summed E-state index contributed by atoms with van der Waals surface area (Å²) in [5, 5.41) is 5.57. The number of hydrogen-bond donors (Lipinski definition) is 2. The van der Waals surface area contributed by atoms with Gasteiger partial charge < -0.3 is 10.2 Å². The highest BCUT2D eigenvalue weighted by atomic mass is 16.2. The Kier molecular flexibility index (Phi) is 6.41. The first kappa shape index (κ1) is 16.8. The molecule has 122 valence electrons. The number of carbonyl (C=O) groups is 1. The van der Waals surface area contributed by atoms with Crippen LogP contribution in [0.1, 0.15) is 26.7 Å². The predicted molar refractivity (Wildman–Crippen MR) is 96.1 cm³/mol. The lowest BCUT2D eigenvalue weighted by molar-refractivity contribution is 0.262. The lowest BCUT2D eigenvalue weighted by Crippen LogP contribution is -2.25. The van der Waals surface area contributed by atoms with Gasteiger partial charge in [0.1, 0.15) is 5.82 Å². The van der Waals surface area contributed by atoms with E-state index in [1.807, 2.05) is 30.3 Å². The average molecular weight is 312 g/mol. The molecule has 1 aromatic heterocycles. The molecule has 0 spiro atoms. The summed E-state index contributed by atoms with van der Waals surface area (Å²) in [5.74, 6) is 0.528. The van der Waals surface area contributed by atoms with Crippen LogP contribution < -0.4 is 15.5 Å². The van der Waals surface area contributed by atoms with E-state index in [1.54, 1.807) is 12.3 Å². The Morgan fingerprint density at radius 1 is 1.04 bits per heavy atom. The second-order valence-electron chi connectivity index (χ2n) is 5.33. The van der Waals surface area contributed by atoms with E-state index in [0.717, 1.165) is 37.3 Å². The summed E-state index contributed by atoms with van der Waals surface area (Å²) in [6.45, 7) is 6.37. The van der Waals surface area contributed by atoms with Crippen LogP contribution in [0.5, 0.6) is 0 Å². The van der Waals surface area contributed by atoms with Crippen molar-refractivity contribution in [2.45, 2.75) is 26.7 Å². The maximum atomic E-state index is 12.0. The zero-order valence-electron chi connectivity index (χ0n) is 13.7. The lowest BCUT2D eigenvalue weighted by Gasteiger charge is -2.24. The van der Waals surface area contributed by atoms with Gasteiger partial charge in [-0.2, -0.15) is 0 Å². The maximum Gasteiger partial charge on any atom is 0.324 e. The standard InChI is InChI=1S/C18H24N4O/c1-3-12-22(13-4-2)16-9-7-8-15(14-16)20-18(23)21-17-10-5-6-11-19-17/h5-11,14H,3-4,12-13H2,1-2H3,(H2,19,20,21,23). The Morgan fingerprint density at radius 3 is 2.48 bits per heavy atom. The van der Waals surface area contributed by atoms with Gasteiger partial charge in [-0.15, -0.1) is 0 Å². The molecule has 0 unspecified atom stereocenters. The van der Waals surface area contributed by atoms with E-state index in [2.05, 4.69) is 40.4 Å². The first-order valence-electron chi connectivity index (χ1n) is 8.07. The molecule has 0 aliphatic rings. The molecule has 2 rings (SSSR count). The molecule has 0 saturated heterocycles. The first-order chi connectivity index (χ1) is 11.2. The molecule has 1 heterocycles. The van der Waals surface area contributed by atoms with Crippen LogP contribution in [-0.4, -0.2) is 24.1 Å². The highest BCUT2D eigenvalue weighted by molar-refractivity contribution is 5.99. The van der Waals surface area contributed by atoms with E-state index in [0.29, 0.717) is 5.82 Å². The van der Waals surface area contributed by atoms with Crippen molar-refractivity contribution in [3.63, 3.8) is 0 Å². The largest absolute Gasteiger partial charge is 0.371 e. The van der Waals surface area contributed by atoms with Gasteiger partial charge in [-0.1, -0.05) is 26.0 Å². The summed E-state index contributed by atoms with van der Waals surface area (Å²) >= 11 is 0. The molecule has 2 N–H and O–H groups in total. The second-order valence-corrected chi connectivity index (χ2v) is 5.33. The molecule has 0 atom stereocenters. The normalized spacial score (nSPS) is 10.2.